The molecule has 0 fully saturated rings. The molecule has 0 bridgehead atoms. The molecule has 0 aliphatic rings. The number of amides is 1. The molecule has 0 aromatic heterocycles. The average Bonchev–Trinajstić information content (AvgIpc) is 2.89. The van der Waals surface area contributed by atoms with Crippen LogP contribution in [0.4, 0.5) is 0 Å². The molecule has 0 heterocycles. The molecule has 0 aliphatic carbocycles. The standard InChI is InChI=1S/C30H27Cl2NO2/c1-20(29(23-12-16-27(32)17-13-23)18-21-6-14-26(31)15-7-21)33-30(35)24-10-8-22(9-11-24)28-5-3-2-4-25(28)19-34/h2-17,20,29,34H,18-19H2,1H3,(H,33,35). The van der Waals surface area contributed by atoms with Gasteiger partial charge in [0.1, 0.15) is 0 Å². The Bertz CT molecular complexity index is 1270. The summed E-state index contributed by atoms with van der Waals surface area (Å²) in [5.41, 5.74) is 5.60. The number of carbonyl (C=O) groups is 1. The molecule has 2 atom stereocenters. The van der Waals surface area contributed by atoms with Gasteiger partial charge in [-0.3, -0.25) is 4.79 Å². The minimum Gasteiger partial charge on any atom is -0.392 e. The molecule has 1 amide bonds. The lowest BCUT2D eigenvalue weighted by molar-refractivity contribution is 0.0934. The lowest BCUT2D eigenvalue weighted by Crippen LogP contribution is -2.37. The minimum absolute atomic E-state index is 0.0321. The van der Waals surface area contributed by atoms with Crippen molar-refractivity contribution in [2.24, 2.45) is 0 Å². The van der Waals surface area contributed by atoms with Gasteiger partial charge in [-0.2, -0.15) is 0 Å². The van der Waals surface area contributed by atoms with Gasteiger partial charge in [-0.25, -0.2) is 0 Å². The van der Waals surface area contributed by atoms with E-state index in [-0.39, 0.29) is 24.5 Å². The first-order valence-electron chi connectivity index (χ1n) is 11.5. The molecule has 4 aromatic carbocycles. The molecular weight excluding hydrogens is 477 g/mol. The normalized spacial score (nSPS) is 12.7. The second-order valence-corrected chi connectivity index (χ2v) is 9.52. The third-order valence-corrected chi connectivity index (χ3v) is 6.78. The Kier molecular flexibility index (Phi) is 8.25. The number of benzene rings is 4. The van der Waals surface area contributed by atoms with Gasteiger partial charge in [-0.05, 0) is 77.6 Å². The fourth-order valence-electron chi connectivity index (χ4n) is 4.30. The number of carbonyl (C=O) groups excluding carboxylic acids is 1. The van der Waals surface area contributed by atoms with Crippen LogP contribution in [-0.4, -0.2) is 17.1 Å². The summed E-state index contributed by atoms with van der Waals surface area (Å²) in [5, 5.41) is 14.2. The number of aliphatic hydroxyl groups excluding tert-OH is 1. The second-order valence-electron chi connectivity index (χ2n) is 8.64. The van der Waals surface area contributed by atoms with Crippen LogP contribution in [0.3, 0.4) is 0 Å². The van der Waals surface area contributed by atoms with Crippen LogP contribution >= 0.6 is 23.2 Å². The van der Waals surface area contributed by atoms with Gasteiger partial charge >= 0.3 is 0 Å². The van der Waals surface area contributed by atoms with E-state index in [9.17, 15) is 9.90 Å². The molecule has 35 heavy (non-hydrogen) atoms. The van der Waals surface area contributed by atoms with Crippen molar-refractivity contribution in [2.75, 3.05) is 0 Å². The summed E-state index contributed by atoms with van der Waals surface area (Å²) < 4.78 is 0. The maximum absolute atomic E-state index is 13.1. The second kappa shape index (κ2) is 11.5. The zero-order valence-electron chi connectivity index (χ0n) is 19.4. The molecule has 5 heteroatoms. The highest BCUT2D eigenvalue weighted by molar-refractivity contribution is 6.30. The van der Waals surface area contributed by atoms with E-state index in [1.165, 1.54) is 0 Å². The van der Waals surface area contributed by atoms with E-state index in [0.29, 0.717) is 15.6 Å². The lowest BCUT2D eigenvalue weighted by atomic mass is 9.86. The first-order valence-corrected chi connectivity index (χ1v) is 12.3. The summed E-state index contributed by atoms with van der Waals surface area (Å²) in [6, 6.07) is 30.6. The van der Waals surface area contributed by atoms with Gasteiger partial charge in [0.05, 0.1) is 6.61 Å². The molecule has 0 aliphatic heterocycles. The number of rotatable bonds is 8. The predicted octanol–water partition coefficient (Wildman–Crippen LogP) is 7.30. The number of aliphatic hydroxyl groups is 1. The van der Waals surface area contributed by atoms with Gasteiger partial charge in [0.15, 0.2) is 0 Å². The summed E-state index contributed by atoms with van der Waals surface area (Å²) in [5.74, 6) is -0.0809. The van der Waals surface area contributed by atoms with Crippen molar-refractivity contribution in [3.05, 3.63) is 129 Å². The van der Waals surface area contributed by atoms with E-state index < -0.39 is 0 Å². The molecule has 178 valence electrons. The fourth-order valence-corrected chi connectivity index (χ4v) is 4.55. The van der Waals surface area contributed by atoms with Gasteiger partial charge in [0, 0.05) is 27.6 Å². The van der Waals surface area contributed by atoms with Crippen LogP contribution in [0, 0.1) is 0 Å². The molecule has 0 saturated carbocycles. The zero-order valence-corrected chi connectivity index (χ0v) is 20.9. The summed E-state index contributed by atoms with van der Waals surface area (Å²) in [6.45, 7) is 1.99. The van der Waals surface area contributed by atoms with Crippen LogP contribution in [-0.2, 0) is 13.0 Å². The van der Waals surface area contributed by atoms with Crippen molar-refractivity contribution in [2.45, 2.75) is 31.9 Å². The van der Waals surface area contributed by atoms with E-state index in [1.807, 2.05) is 104 Å². The molecule has 2 N–H and O–H groups in total. The molecular formula is C30H27Cl2NO2. The number of nitrogens with one attached hydrogen (secondary N) is 1. The van der Waals surface area contributed by atoms with Gasteiger partial charge < -0.3 is 10.4 Å². The maximum Gasteiger partial charge on any atom is 0.251 e. The maximum atomic E-state index is 13.1. The number of halogens is 2. The number of hydrogen-bond donors (Lipinski definition) is 2. The molecule has 4 aromatic rings. The topological polar surface area (TPSA) is 49.3 Å². The highest BCUT2D eigenvalue weighted by atomic mass is 35.5. The van der Waals surface area contributed by atoms with E-state index >= 15 is 0 Å². The summed E-state index contributed by atoms with van der Waals surface area (Å²) in [6.07, 6.45) is 0.747. The van der Waals surface area contributed by atoms with Gasteiger partial charge in [0.25, 0.3) is 5.91 Å². The molecule has 0 radical (unpaired) electrons. The van der Waals surface area contributed by atoms with E-state index in [2.05, 4.69) is 5.32 Å². The summed E-state index contributed by atoms with van der Waals surface area (Å²) >= 11 is 12.2. The Morgan fingerprint density at radius 2 is 1.43 bits per heavy atom. The Labute approximate surface area is 216 Å². The van der Waals surface area contributed by atoms with Crippen LogP contribution in [0.25, 0.3) is 11.1 Å². The predicted molar refractivity (Wildman–Crippen MR) is 144 cm³/mol. The van der Waals surface area contributed by atoms with Gasteiger partial charge in [0.2, 0.25) is 0 Å². The largest absolute Gasteiger partial charge is 0.392 e. The lowest BCUT2D eigenvalue weighted by Gasteiger charge is -2.26. The first kappa shape index (κ1) is 25.0. The van der Waals surface area contributed by atoms with Crippen LogP contribution in [0.2, 0.25) is 10.0 Å². The molecule has 0 saturated heterocycles. The monoisotopic (exact) mass is 503 g/mol. The third kappa shape index (κ3) is 6.32. The Morgan fingerprint density at radius 3 is 2.06 bits per heavy atom. The van der Waals surface area contributed by atoms with Crippen molar-refractivity contribution in [1.29, 1.82) is 0 Å². The zero-order chi connectivity index (χ0) is 24.8. The Balaban J connectivity index is 1.52. The average molecular weight is 504 g/mol. The highest BCUT2D eigenvalue weighted by Crippen LogP contribution is 2.28. The highest BCUT2D eigenvalue weighted by Gasteiger charge is 2.22. The fraction of sp³-hybridized carbons (Fsp3) is 0.167. The van der Waals surface area contributed by atoms with Crippen molar-refractivity contribution in [1.82, 2.24) is 5.32 Å². The van der Waals surface area contributed by atoms with Crippen LogP contribution in [0.15, 0.2) is 97.1 Å². The van der Waals surface area contributed by atoms with Gasteiger partial charge in [-0.15, -0.1) is 0 Å². The minimum atomic E-state index is -0.130. The molecule has 4 rings (SSSR count). The van der Waals surface area contributed by atoms with Gasteiger partial charge in [-0.1, -0.05) is 83.9 Å². The Hall–Kier alpha value is -3.11. The van der Waals surface area contributed by atoms with E-state index in [4.69, 9.17) is 23.2 Å². The molecule has 0 spiro atoms. The smallest absolute Gasteiger partial charge is 0.251 e. The van der Waals surface area contributed by atoms with Crippen LogP contribution in [0.1, 0.15) is 39.9 Å². The van der Waals surface area contributed by atoms with Crippen molar-refractivity contribution in [3.8, 4) is 11.1 Å². The Morgan fingerprint density at radius 1 is 0.829 bits per heavy atom. The van der Waals surface area contributed by atoms with Crippen molar-refractivity contribution >= 4 is 29.1 Å². The summed E-state index contributed by atoms with van der Waals surface area (Å²) in [7, 11) is 0. The third-order valence-electron chi connectivity index (χ3n) is 6.28. The molecule has 3 nitrogen and oxygen atoms in total. The number of hydrogen-bond acceptors (Lipinski definition) is 2. The summed E-state index contributed by atoms with van der Waals surface area (Å²) in [4.78, 5) is 13.1. The van der Waals surface area contributed by atoms with Crippen molar-refractivity contribution in [3.63, 3.8) is 0 Å². The van der Waals surface area contributed by atoms with Crippen molar-refractivity contribution < 1.29 is 9.90 Å². The quantitative estimate of drug-likeness (QED) is 0.265. The van der Waals surface area contributed by atoms with E-state index in [1.54, 1.807) is 0 Å². The SMILES string of the molecule is CC(NC(=O)c1ccc(-c2ccccc2CO)cc1)C(Cc1ccc(Cl)cc1)c1ccc(Cl)cc1. The first-order chi connectivity index (χ1) is 16.9. The molecule has 2 unspecified atom stereocenters. The van der Waals surface area contributed by atoms with E-state index in [0.717, 1.165) is 34.2 Å². The van der Waals surface area contributed by atoms with Crippen LogP contribution < -0.4 is 5.32 Å². The van der Waals surface area contributed by atoms with Crippen LogP contribution in [0.5, 0.6) is 0 Å².